The maximum atomic E-state index is 12.3. The maximum Gasteiger partial charge on any atom is 0.241 e. The van der Waals surface area contributed by atoms with Crippen molar-refractivity contribution in [2.45, 2.75) is 32.0 Å². The van der Waals surface area contributed by atoms with Crippen molar-refractivity contribution in [1.82, 2.24) is 15.1 Å². The van der Waals surface area contributed by atoms with E-state index in [0.29, 0.717) is 5.02 Å². The molecule has 1 aromatic carbocycles. The van der Waals surface area contributed by atoms with Crippen LogP contribution in [0.1, 0.15) is 31.5 Å². The number of benzene rings is 1. The van der Waals surface area contributed by atoms with E-state index in [0.717, 1.165) is 31.5 Å². The molecule has 116 valence electrons. The van der Waals surface area contributed by atoms with Crippen molar-refractivity contribution in [2.24, 2.45) is 0 Å². The summed E-state index contributed by atoms with van der Waals surface area (Å²) < 4.78 is 0. The van der Waals surface area contributed by atoms with Gasteiger partial charge in [0, 0.05) is 11.6 Å². The standard InChI is InChI=1S/C16H24ClN3O/c1-12-16(21)20(11-5-4-10-19(2)3)15(18-12)13-6-8-14(17)9-7-13/h6-9,12,15,18H,4-5,10-11H2,1-3H3. The molecule has 1 aliphatic heterocycles. The molecule has 5 heteroatoms. The molecule has 1 N–H and O–H groups in total. The van der Waals surface area contributed by atoms with Gasteiger partial charge in [0.15, 0.2) is 0 Å². The highest BCUT2D eigenvalue weighted by atomic mass is 35.5. The van der Waals surface area contributed by atoms with Crippen LogP contribution in [0.4, 0.5) is 0 Å². The summed E-state index contributed by atoms with van der Waals surface area (Å²) in [6.45, 7) is 3.76. The van der Waals surface area contributed by atoms with E-state index in [4.69, 9.17) is 11.6 Å². The number of amides is 1. The van der Waals surface area contributed by atoms with Gasteiger partial charge in [-0.1, -0.05) is 23.7 Å². The van der Waals surface area contributed by atoms with Crippen molar-refractivity contribution in [3.05, 3.63) is 34.9 Å². The molecule has 0 aromatic heterocycles. The molecule has 1 amide bonds. The smallest absolute Gasteiger partial charge is 0.241 e. The van der Waals surface area contributed by atoms with Gasteiger partial charge >= 0.3 is 0 Å². The summed E-state index contributed by atoms with van der Waals surface area (Å²) in [7, 11) is 4.14. The lowest BCUT2D eigenvalue weighted by Crippen LogP contribution is -2.32. The zero-order chi connectivity index (χ0) is 15.4. The molecule has 2 unspecified atom stereocenters. The van der Waals surface area contributed by atoms with E-state index in [1.165, 1.54) is 0 Å². The van der Waals surface area contributed by atoms with Gasteiger partial charge in [0.05, 0.1) is 6.04 Å². The first-order chi connectivity index (χ1) is 9.99. The van der Waals surface area contributed by atoms with Crippen LogP contribution in [0.2, 0.25) is 5.02 Å². The van der Waals surface area contributed by atoms with E-state index in [-0.39, 0.29) is 18.1 Å². The van der Waals surface area contributed by atoms with E-state index in [1.54, 1.807) is 0 Å². The number of hydrogen-bond donors (Lipinski definition) is 1. The molecule has 0 bridgehead atoms. The van der Waals surface area contributed by atoms with Gasteiger partial charge in [-0.2, -0.15) is 0 Å². The SMILES string of the molecule is CC1NC(c2ccc(Cl)cc2)N(CCCCN(C)C)C1=O. The Hall–Kier alpha value is -1.10. The average molecular weight is 310 g/mol. The van der Waals surface area contributed by atoms with Gasteiger partial charge < -0.3 is 9.80 Å². The molecule has 1 fully saturated rings. The van der Waals surface area contributed by atoms with Crippen molar-refractivity contribution in [2.75, 3.05) is 27.2 Å². The molecule has 1 saturated heterocycles. The predicted molar refractivity (Wildman–Crippen MR) is 86.3 cm³/mol. The zero-order valence-corrected chi connectivity index (χ0v) is 13.7. The van der Waals surface area contributed by atoms with Gasteiger partial charge in [-0.3, -0.25) is 10.1 Å². The number of rotatable bonds is 6. The fourth-order valence-electron chi connectivity index (χ4n) is 2.64. The van der Waals surface area contributed by atoms with Crippen molar-refractivity contribution in [3.8, 4) is 0 Å². The van der Waals surface area contributed by atoms with E-state index in [2.05, 4.69) is 24.3 Å². The summed E-state index contributed by atoms with van der Waals surface area (Å²) in [6.07, 6.45) is 2.07. The lowest BCUT2D eigenvalue weighted by atomic mass is 10.1. The second kappa shape index (κ2) is 7.25. The summed E-state index contributed by atoms with van der Waals surface area (Å²) >= 11 is 5.94. The number of halogens is 1. The lowest BCUT2D eigenvalue weighted by molar-refractivity contribution is -0.129. The lowest BCUT2D eigenvalue weighted by Gasteiger charge is -2.25. The number of unbranched alkanes of at least 4 members (excludes halogenated alkanes) is 1. The zero-order valence-electron chi connectivity index (χ0n) is 13.0. The van der Waals surface area contributed by atoms with Gasteiger partial charge in [0.1, 0.15) is 6.17 Å². The molecule has 21 heavy (non-hydrogen) atoms. The van der Waals surface area contributed by atoms with Gasteiger partial charge in [-0.05, 0) is 58.1 Å². The van der Waals surface area contributed by atoms with Crippen LogP contribution in [0.25, 0.3) is 0 Å². The highest BCUT2D eigenvalue weighted by Crippen LogP contribution is 2.26. The van der Waals surface area contributed by atoms with Crippen molar-refractivity contribution >= 4 is 17.5 Å². The Labute approximate surface area is 132 Å². The van der Waals surface area contributed by atoms with Crippen LogP contribution in [0.5, 0.6) is 0 Å². The van der Waals surface area contributed by atoms with Gasteiger partial charge in [0.2, 0.25) is 5.91 Å². The van der Waals surface area contributed by atoms with E-state index in [9.17, 15) is 4.79 Å². The first-order valence-corrected chi connectivity index (χ1v) is 7.83. The average Bonchev–Trinajstić information content (AvgIpc) is 2.72. The fraction of sp³-hybridized carbons (Fsp3) is 0.562. The normalized spacial score (nSPS) is 22.3. The molecule has 0 aliphatic carbocycles. The Morgan fingerprint density at radius 1 is 1.24 bits per heavy atom. The van der Waals surface area contributed by atoms with Crippen LogP contribution in [0.15, 0.2) is 24.3 Å². The number of carbonyl (C=O) groups excluding carboxylic acids is 1. The van der Waals surface area contributed by atoms with E-state index < -0.39 is 0 Å². The van der Waals surface area contributed by atoms with E-state index >= 15 is 0 Å². The number of hydrogen-bond acceptors (Lipinski definition) is 3. The predicted octanol–water partition coefficient (Wildman–Crippen LogP) is 2.50. The summed E-state index contributed by atoms with van der Waals surface area (Å²) in [5, 5.41) is 4.08. The van der Waals surface area contributed by atoms with E-state index in [1.807, 2.05) is 36.1 Å². The second-order valence-electron chi connectivity index (χ2n) is 5.88. The van der Waals surface area contributed by atoms with Crippen molar-refractivity contribution in [1.29, 1.82) is 0 Å². The quantitative estimate of drug-likeness (QED) is 0.820. The molecular weight excluding hydrogens is 286 g/mol. The fourth-order valence-corrected chi connectivity index (χ4v) is 2.77. The highest BCUT2D eigenvalue weighted by molar-refractivity contribution is 6.30. The first kappa shape index (κ1) is 16.3. The molecule has 0 saturated carbocycles. The number of carbonyl (C=O) groups is 1. The minimum Gasteiger partial charge on any atom is -0.322 e. The Balaban J connectivity index is 2.01. The van der Waals surface area contributed by atoms with Crippen LogP contribution in [-0.2, 0) is 4.79 Å². The summed E-state index contributed by atoms with van der Waals surface area (Å²) in [4.78, 5) is 16.4. The van der Waals surface area contributed by atoms with Gasteiger partial charge in [-0.25, -0.2) is 0 Å². The van der Waals surface area contributed by atoms with Crippen LogP contribution in [-0.4, -0.2) is 48.9 Å². The van der Waals surface area contributed by atoms with Gasteiger partial charge in [0.25, 0.3) is 0 Å². The van der Waals surface area contributed by atoms with Crippen LogP contribution >= 0.6 is 11.6 Å². The molecule has 2 atom stereocenters. The Kier molecular flexibility index (Phi) is 5.62. The largest absolute Gasteiger partial charge is 0.322 e. The Bertz CT molecular complexity index is 475. The molecular formula is C16H24ClN3O. The maximum absolute atomic E-state index is 12.3. The van der Waals surface area contributed by atoms with Crippen molar-refractivity contribution in [3.63, 3.8) is 0 Å². The minimum atomic E-state index is -0.125. The van der Waals surface area contributed by atoms with Crippen LogP contribution in [0, 0.1) is 0 Å². The molecule has 1 aliphatic rings. The third kappa shape index (κ3) is 4.19. The van der Waals surface area contributed by atoms with Crippen molar-refractivity contribution < 1.29 is 4.79 Å². The van der Waals surface area contributed by atoms with Crippen LogP contribution < -0.4 is 5.32 Å². The second-order valence-corrected chi connectivity index (χ2v) is 6.32. The Morgan fingerprint density at radius 2 is 1.90 bits per heavy atom. The summed E-state index contributed by atoms with van der Waals surface area (Å²) in [6, 6.07) is 7.59. The molecule has 1 aromatic rings. The number of nitrogens with zero attached hydrogens (tertiary/aromatic N) is 2. The topological polar surface area (TPSA) is 35.6 Å². The molecule has 4 nitrogen and oxygen atoms in total. The Morgan fingerprint density at radius 3 is 2.52 bits per heavy atom. The third-order valence-corrected chi connectivity index (χ3v) is 4.07. The number of nitrogens with one attached hydrogen (secondary N) is 1. The monoisotopic (exact) mass is 309 g/mol. The summed E-state index contributed by atoms with van der Waals surface area (Å²) in [5.74, 6) is 0.180. The highest BCUT2D eigenvalue weighted by Gasteiger charge is 2.36. The van der Waals surface area contributed by atoms with Gasteiger partial charge in [-0.15, -0.1) is 0 Å². The van der Waals surface area contributed by atoms with Crippen LogP contribution in [0.3, 0.4) is 0 Å². The molecule has 0 spiro atoms. The molecule has 1 heterocycles. The molecule has 0 radical (unpaired) electrons. The molecule has 2 rings (SSSR count). The first-order valence-electron chi connectivity index (χ1n) is 7.46. The third-order valence-electron chi connectivity index (χ3n) is 3.81. The summed E-state index contributed by atoms with van der Waals surface area (Å²) in [5.41, 5.74) is 1.09. The minimum absolute atomic E-state index is 0.0378.